The van der Waals surface area contributed by atoms with Gasteiger partial charge in [-0.15, -0.1) is 11.3 Å². The molecule has 0 atom stereocenters. The van der Waals surface area contributed by atoms with Gasteiger partial charge < -0.3 is 4.52 Å². The maximum atomic E-state index is 12.4. The lowest BCUT2D eigenvalue weighted by atomic mass is 10.1. The van der Waals surface area contributed by atoms with Crippen molar-refractivity contribution in [1.82, 2.24) is 10.1 Å². The minimum absolute atomic E-state index is 0.0808. The van der Waals surface area contributed by atoms with Crippen LogP contribution in [0.25, 0.3) is 11.4 Å². The Morgan fingerprint density at radius 3 is 2.54 bits per heavy atom. The van der Waals surface area contributed by atoms with Gasteiger partial charge in [0.15, 0.2) is 5.78 Å². The van der Waals surface area contributed by atoms with Crippen molar-refractivity contribution in [2.24, 2.45) is 0 Å². The molecule has 2 aromatic heterocycles. The van der Waals surface area contributed by atoms with Crippen molar-refractivity contribution in [3.8, 4) is 11.4 Å². The molecule has 0 radical (unpaired) electrons. The minimum atomic E-state index is -3.73. The van der Waals surface area contributed by atoms with Crippen LogP contribution in [-0.2, 0) is 10.0 Å². The highest BCUT2D eigenvalue weighted by Gasteiger charge is 2.19. The van der Waals surface area contributed by atoms with Crippen molar-refractivity contribution >= 4 is 32.8 Å². The number of anilines is 1. The molecule has 3 rings (SSSR count). The smallest absolute Gasteiger partial charge is 0.271 e. The SMILES string of the molecule is CC(=O)c1ccc(NS(=O)(=O)c2cc(-c3noc(C)n3)cs2)cc1. The molecule has 0 bridgehead atoms. The summed E-state index contributed by atoms with van der Waals surface area (Å²) in [6.45, 7) is 3.11. The maximum absolute atomic E-state index is 12.4. The lowest BCUT2D eigenvalue weighted by Crippen LogP contribution is -2.11. The van der Waals surface area contributed by atoms with Crippen LogP contribution in [0, 0.1) is 6.92 Å². The zero-order chi connectivity index (χ0) is 17.3. The van der Waals surface area contributed by atoms with Crippen molar-refractivity contribution in [3.05, 3.63) is 47.2 Å². The van der Waals surface area contributed by atoms with E-state index < -0.39 is 10.0 Å². The molecule has 0 saturated carbocycles. The molecule has 0 saturated heterocycles. The molecule has 0 amide bonds. The van der Waals surface area contributed by atoms with Crippen LogP contribution < -0.4 is 4.72 Å². The number of carbonyl (C=O) groups excluding carboxylic acids is 1. The van der Waals surface area contributed by atoms with Gasteiger partial charge in [-0.1, -0.05) is 5.16 Å². The van der Waals surface area contributed by atoms with Crippen LogP contribution in [0.4, 0.5) is 5.69 Å². The fraction of sp³-hybridized carbons (Fsp3) is 0.133. The summed E-state index contributed by atoms with van der Waals surface area (Å²) in [5.74, 6) is 0.669. The molecule has 1 N–H and O–H groups in total. The Morgan fingerprint density at radius 1 is 1.25 bits per heavy atom. The van der Waals surface area contributed by atoms with E-state index in [0.717, 1.165) is 11.3 Å². The summed E-state index contributed by atoms with van der Waals surface area (Å²) in [5, 5.41) is 5.42. The van der Waals surface area contributed by atoms with Gasteiger partial charge in [0.1, 0.15) is 4.21 Å². The van der Waals surface area contributed by atoms with Gasteiger partial charge in [-0.2, -0.15) is 4.98 Å². The molecule has 2 heterocycles. The third-order valence-corrected chi connectivity index (χ3v) is 5.99. The van der Waals surface area contributed by atoms with Crippen molar-refractivity contribution in [1.29, 1.82) is 0 Å². The Labute approximate surface area is 142 Å². The summed E-state index contributed by atoms with van der Waals surface area (Å²) < 4.78 is 32.4. The van der Waals surface area contributed by atoms with E-state index in [1.165, 1.54) is 13.0 Å². The summed E-state index contributed by atoms with van der Waals surface area (Å²) in [6.07, 6.45) is 0. The number of hydrogen-bond donors (Lipinski definition) is 1. The molecule has 0 spiro atoms. The first-order chi connectivity index (χ1) is 11.3. The van der Waals surface area contributed by atoms with Crippen molar-refractivity contribution in [2.75, 3.05) is 4.72 Å². The fourth-order valence-corrected chi connectivity index (χ4v) is 4.19. The van der Waals surface area contributed by atoms with E-state index in [-0.39, 0.29) is 9.99 Å². The largest absolute Gasteiger partial charge is 0.339 e. The zero-order valence-corrected chi connectivity index (χ0v) is 14.4. The first-order valence-corrected chi connectivity index (χ1v) is 9.24. The van der Waals surface area contributed by atoms with E-state index in [2.05, 4.69) is 14.9 Å². The van der Waals surface area contributed by atoms with E-state index in [4.69, 9.17) is 4.52 Å². The number of sulfonamides is 1. The van der Waals surface area contributed by atoms with Crippen LogP contribution in [0.15, 0.2) is 44.4 Å². The van der Waals surface area contributed by atoms with Crippen molar-refractivity contribution < 1.29 is 17.7 Å². The molecule has 124 valence electrons. The van der Waals surface area contributed by atoms with Crippen LogP contribution in [0.5, 0.6) is 0 Å². The number of hydrogen-bond acceptors (Lipinski definition) is 7. The number of nitrogens with zero attached hydrogens (tertiary/aromatic N) is 2. The second-order valence-electron chi connectivity index (χ2n) is 5.03. The van der Waals surface area contributed by atoms with Gasteiger partial charge in [-0.25, -0.2) is 8.42 Å². The highest BCUT2D eigenvalue weighted by molar-refractivity contribution is 7.94. The fourth-order valence-electron chi connectivity index (χ4n) is 1.97. The Kier molecular flexibility index (Phi) is 4.20. The number of aromatic nitrogens is 2. The summed E-state index contributed by atoms with van der Waals surface area (Å²) in [7, 11) is -3.73. The van der Waals surface area contributed by atoms with Crippen LogP contribution >= 0.6 is 11.3 Å². The van der Waals surface area contributed by atoms with Gasteiger partial charge in [0, 0.05) is 29.1 Å². The predicted molar refractivity (Wildman–Crippen MR) is 89.6 cm³/mol. The molecular weight excluding hydrogens is 350 g/mol. The Morgan fingerprint density at radius 2 is 1.96 bits per heavy atom. The highest BCUT2D eigenvalue weighted by atomic mass is 32.2. The van der Waals surface area contributed by atoms with Gasteiger partial charge in [0.25, 0.3) is 10.0 Å². The van der Waals surface area contributed by atoms with Crippen LogP contribution in [-0.4, -0.2) is 24.3 Å². The Hall–Kier alpha value is -2.52. The summed E-state index contributed by atoms with van der Waals surface area (Å²) >= 11 is 1.06. The average molecular weight is 363 g/mol. The van der Waals surface area contributed by atoms with E-state index in [1.54, 1.807) is 36.6 Å². The number of ketones is 1. The normalized spacial score (nSPS) is 11.4. The lowest BCUT2D eigenvalue weighted by Gasteiger charge is -2.06. The molecule has 0 aliphatic rings. The molecular formula is C15H13N3O4S2. The average Bonchev–Trinajstić information content (AvgIpc) is 3.16. The zero-order valence-electron chi connectivity index (χ0n) is 12.8. The number of carbonyl (C=O) groups is 1. The van der Waals surface area contributed by atoms with Gasteiger partial charge in [0.2, 0.25) is 11.7 Å². The Balaban J connectivity index is 1.83. The number of thiophene rings is 1. The quantitative estimate of drug-likeness (QED) is 0.699. The number of benzene rings is 1. The lowest BCUT2D eigenvalue weighted by molar-refractivity contribution is 0.101. The van der Waals surface area contributed by atoms with Gasteiger partial charge in [-0.05, 0) is 37.3 Å². The molecule has 0 fully saturated rings. The molecule has 0 unspecified atom stereocenters. The third kappa shape index (κ3) is 3.36. The molecule has 0 aliphatic heterocycles. The molecule has 9 heteroatoms. The number of Topliss-reactive ketones (excluding diaryl/α,β-unsaturated/α-hetero) is 1. The number of rotatable bonds is 5. The monoisotopic (exact) mass is 363 g/mol. The van der Waals surface area contributed by atoms with Crippen molar-refractivity contribution in [2.45, 2.75) is 18.1 Å². The molecule has 7 nitrogen and oxygen atoms in total. The number of nitrogens with one attached hydrogen (secondary N) is 1. The van der Waals surface area contributed by atoms with Crippen molar-refractivity contribution in [3.63, 3.8) is 0 Å². The highest BCUT2D eigenvalue weighted by Crippen LogP contribution is 2.28. The van der Waals surface area contributed by atoms with Crippen LogP contribution in [0.3, 0.4) is 0 Å². The van der Waals surface area contributed by atoms with Gasteiger partial charge in [-0.3, -0.25) is 9.52 Å². The van der Waals surface area contributed by atoms with Crippen LogP contribution in [0.1, 0.15) is 23.2 Å². The third-order valence-electron chi connectivity index (χ3n) is 3.17. The topological polar surface area (TPSA) is 102 Å². The minimum Gasteiger partial charge on any atom is -0.339 e. The van der Waals surface area contributed by atoms with E-state index in [1.807, 2.05) is 0 Å². The predicted octanol–water partition coefficient (Wildman–Crippen LogP) is 3.11. The van der Waals surface area contributed by atoms with Gasteiger partial charge >= 0.3 is 0 Å². The first-order valence-electron chi connectivity index (χ1n) is 6.88. The number of aryl methyl sites for hydroxylation is 1. The summed E-state index contributed by atoms with van der Waals surface area (Å²) in [5.41, 5.74) is 1.47. The van der Waals surface area contributed by atoms with E-state index in [0.29, 0.717) is 28.5 Å². The maximum Gasteiger partial charge on any atom is 0.271 e. The summed E-state index contributed by atoms with van der Waals surface area (Å²) in [4.78, 5) is 15.3. The summed E-state index contributed by atoms with van der Waals surface area (Å²) in [6, 6.07) is 7.72. The molecule has 3 aromatic rings. The molecule has 1 aromatic carbocycles. The Bertz CT molecular complexity index is 988. The van der Waals surface area contributed by atoms with E-state index in [9.17, 15) is 13.2 Å². The first kappa shape index (κ1) is 16.3. The standard InChI is InChI=1S/C15H13N3O4S2/c1-9(19)11-3-5-13(6-4-11)18-24(20,21)14-7-12(8-23-14)15-16-10(2)22-17-15/h3-8,18H,1-2H3. The second kappa shape index (κ2) is 6.17. The van der Waals surface area contributed by atoms with E-state index >= 15 is 0 Å². The molecule has 0 aliphatic carbocycles. The molecule has 24 heavy (non-hydrogen) atoms. The van der Waals surface area contributed by atoms with Gasteiger partial charge in [0.05, 0.1) is 0 Å². The van der Waals surface area contributed by atoms with Crippen LogP contribution in [0.2, 0.25) is 0 Å². The second-order valence-corrected chi connectivity index (χ2v) is 7.85.